The van der Waals surface area contributed by atoms with E-state index < -0.39 is 0 Å². The van der Waals surface area contributed by atoms with Crippen LogP contribution in [0, 0.1) is 0 Å². The Hall–Kier alpha value is -2.15. The Labute approximate surface area is 121 Å². The van der Waals surface area contributed by atoms with Crippen LogP contribution >= 0.6 is 11.3 Å². The lowest BCUT2D eigenvalue weighted by molar-refractivity contribution is 0.102. The minimum absolute atomic E-state index is 0.322. The minimum atomic E-state index is -0.342. The quantitative estimate of drug-likeness (QED) is 0.825. The van der Waals surface area contributed by atoms with Crippen molar-refractivity contribution >= 4 is 28.1 Å². The van der Waals surface area contributed by atoms with Gasteiger partial charge in [0.15, 0.2) is 0 Å². The summed E-state index contributed by atoms with van der Waals surface area (Å²) in [6.45, 7) is 4.29. The number of aromatic nitrogens is 2. The first-order valence-electron chi connectivity index (χ1n) is 6.30. The first kappa shape index (κ1) is 14.3. The lowest BCUT2D eigenvalue weighted by Gasteiger charge is -2.11. The topological polar surface area (TPSA) is 90.1 Å². The van der Waals surface area contributed by atoms with Gasteiger partial charge in [0.1, 0.15) is 16.3 Å². The van der Waals surface area contributed by atoms with E-state index in [1.54, 1.807) is 18.2 Å². The van der Waals surface area contributed by atoms with Gasteiger partial charge < -0.3 is 10.5 Å². The van der Waals surface area contributed by atoms with Gasteiger partial charge >= 0.3 is 0 Å². The number of carbonyl (C=O) groups excluding carboxylic acids is 1. The zero-order valence-electron chi connectivity index (χ0n) is 11.3. The molecule has 0 aliphatic rings. The third kappa shape index (κ3) is 3.05. The van der Waals surface area contributed by atoms with E-state index in [1.807, 2.05) is 13.8 Å². The molecule has 0 unspecified atom stereocenters. The molecule has 6 nitrogen and oxygen atoms in total. The fraction of sp³-hybridized carbons (Fsp3) is 0.308. The van der Waals surface area contributed by atoms with Crippen molar-refractivity contribution in [1.29, 1.82) is 0 Å². The highest BCUT2D eigenvalue weighted by molar-refractivity contribution is 7.15. The zero-order valence-corrected chi connectivity index (χ0v) is 12.2. The third-order valence-electron chi connectivity index (χ3n) is 2.58. The number of nitrogens with zero attached hydrogens (tertiary/aromatic N) is 2. The fourth-order valence-electron chi connectivity index (χ4n) is 1.67. The van der Waals surface area contributed by atoms with Crippen LogP contribution in [-0.2, 0) is 6.42 Å². The molecule has 106 valence electrons. The van der Waals surface area contributed by atoms with Crippen LogP contribution in [0.3, 0.4) is 0 Å². The predicted octanol–water partition coefficient (Wildman–Crippen LogP) is 2.33. The minimum Gasteiger partial charge on any atom is -0.493 e. The van der Waals surface area contributed by atoms with Crippen molar-refractivity contribution in [2.75, 3.05) is 17.7 Å². The first-order valence-corrected chi connectivity index (χ1v) is 7.12. The molecule has 2 rings (SSSR count). The number of amides is 1. The van der Waals surface area contributed by atoms with E-state index in [9.17, 15) is 4.79 Å². The van der Waals surface area contributed by atoms with Gasteiger partial charge in [0.05, 0.1) is 6.61 Å². The molecule has 0 radical (unpaired) electrons. The third-order valence-corrected chi connectivity index (χ3v) is 3.56. The van der Waals surface area contributed by atoms with Crippen molar-refractivity contribution in [2.24, 2.45) is 0 Å². The largest absolute Gasteiger partial charge is 0.493 e. The molecule has 0 saturated heterocycles. The summed E-state index contributed by atoms with van der Waals surface area (Å²) in [5.41, 5.74) is 6.56. The second kappa shape index (κ2) is 6.33. The molecule has 0 atom stereocenters. The van der Waals surface area contributed by atoms with Crippen LogP contribution in [0.5, 0.6) is 5.75 Å². The highest BCUT2D eigenvalue weighted by atomic mass is 32.1. The zero-order chi connectivity index (χ0) is 14.5. The summed E-state index contributed by atoms with van der Waals surface area (Å²) >= 11 is 1.35. The number of hydrogen-bond acceptors (Lipinski definition) is 6. The van der Waals surface area contributed by atoms with Gasteiger partial charge in [-0.05, 0) is 25.5 Å². The van der Waals surface area contributed by atoms with Crippen molar-refractivity contribution in [3.63, 3.8) is 0 Å². The molecule has 1 aromatic carbocycles. The average molecular weight is 292 g/mol. The van der Waals surface area contributed by atoms with Crippen LogP contribution < -0.4 is 15.8 Å². The van der Waals surface area contributed by atoms with E-state index >= 15 is 0 Å². The molecule has 1 heterocycles. The monoisotopic (exact) mass is 292 g/mol. The molecular formula is C13H16N4O2S. The van der Waals surface area contributed by atoms with Crippen LogP contribution in [0.1, 0.15) is 29.2 Å². The molecule has 3 N–H and O–H groups in total. The number of ether oxygens (including phenoxy) is 1. The Bertz CT molecular complexity index is 612. The summed E-state index contributed by atoms with van der Waals surface area (Å²) in [4.78, 5) is 12.3. The van der Waals surface area contributed by atoms with E-state index in [0.717, 1.165) is 11.4 Å². The van der Waals surface area contributed by atoms with Gasteiger partial charge in [-0.25, -0.2) is 0 Å². The van der Waals surface area contributed by atoms with E-state index in [2.05, 4.69) is 15.5 Å². The number of nitrogen functional groups attached to an aromatic ring is 1. The van der Waals surface area contributed by atoms with E-state index in [4.69, 9.17) is 10.5 Å². The van der Waals surface area contributed by atoms with Gasteiger partial charge in [-0.2, -0.15) is 0 Å². The Balaban J connectivity index is 2.24. The van der Waals surface area contributed by atoms with Crippen LogP contribution in [0.25, 0.3) is 0 Å². The molecular weight excluding hydrogens is 276 g/mol. The maximum absolute atomic E-state index is 12.3. The molecule has 0 fully saturated rings. The van der Waals surface area contributed by atoms with Crippen molar-refractivity contribution in [1.82, 2.24) is 10.2 Å². The number of rotatable bonds is 5. The number of carbonyl (C=O) groups is 1. The lowest BCUT2D eigenvalue weighted by Crippen LogP contribution is -2.15. The number of benzene rings is 1. The highest BCUT2D eigenvalue weighted by Gasteiger charge is 2.17. The predicted molar refractivity (Wildman–Crippen MR) is 79.3 cm³/mol. The van der Waals surface area contributed by atoms with Crippen molar-refractivity contribution in [3.05, 3.63) is 28.8 Å². The summed E-state index contributed by atoms with van der Waals surface area (Å²) in [5.74, 6) is 0.121. The average Bonchev–Trinajstić information content (AvgIpc) is 2.86. The number of aryl methyl sites for hydroxylation is 1. The maximum atomic E-state index is 12.3. The summed E-state index contributed by atoms with van der Waals surface area (Å²) < 4.78 is 5.43. The molecule has 0 aliphatic heterocycles. The van der Waals surface area contributed by atoms with Gasteiger partial charge in [0, 0.05) is 5.69 Å². The van der Waals surface area contributed by atoms with Gasteiger partial charge in [-0.3, -0.25) is 10.1 Å². The first-order chi connectivity index (χ1) is 9.65. The smallest absolute Gasteiger partial charge is 0.263 e. The van der Waals surface area contributed by atoms with Crippen molar-refractivity contribution in [3.8, 4) is 5.75 Å². The molecule has 1 amide bonds. The number of nitrogens with two attached hydrogens (primary N) is 1. The van der Waals surface area contributed by atoms with Crippen LogP contribution in [-0.4, -0.2) is 22.7 Å². The molecule has 0 spiro atoms. The highest BCUT2D eigenvalue weighted by Crippen LogP contribution is 2.26. The summed E-state index contributed by atoms with van der Waals surface area (Å²) in [6, 6.07) is 5.12. The number of hydrogen-bond donors (Lipinski definition) is 2. The summed E-state index contributed by atoms with van der Waals surface area (Å²) in [5, 5.41) is 11.9. The van der Waals surface area contributed by atoms with E-state index in [1.165, 1.54) is 11.3 Å². The van der Waals surface area contributed by atoms with Gasteiger partial charge in [0.2, 0.25) is 5.13 Å². The molecule has 7 heteroatoms. The van der Waals surface area contributed by atoms with Gasteiger partial charge in [-0.15, -0.1) is 10.2 Å². The second-order valence-electron chi connectivity index (χ2n) is 3.96. The Morgan fingerprint density at radius 3 is 2.85 bits per heavy atom. The molecule has 2 aromatic rings. The SMILES string of the molecule is CCOc1cccc(N)c1C(=O)Nc1nnc(CC)s1. The van der Waals surface area contributed by atoms with Gasteiger partial charge in [-0.1, -0.05) is 24.3 Å². The van der Waals surface area contributed by atoms with Crippen LogP contribution in [0.4, 0.5) is 10.8 Å². The summed E-state index contributed by atoms with van der Waals surface area (Å²) in [6.07, 6.45) is 0.783. The number of nitrogens with one attached hydrogen (secondary N) is 1. The van der Waals surface area contributed by atoms with Crippen molar-refractivity contribution < 1.29 is 9.53 Å². The van der Waals surface area contributed by atoms with E-state index in [-0.39, 0.29) is 5.91 Å². The fourth-order valence-corrected chi connectivity index (χ4v) is 2.35. The second-order valence-corrected chi connectivity index (χ2v) is 5.02. The molecule has 0 saturated carbocycles. The summed E-state index contributed by atoms with van der Waals surface area (Å²) in [7, 11) is 0. The standard InChI is InChI=1S/C13H16N4O2S/c1-3-10-16-17-13(20-10)15-12(18)11-8(14)6-5-7-9(11)19-4-2/h5-7H,3-4,14H2,1-2H3,(H,15,17,18). The maximum Gasteiger partial charge on any atom is 0.263 e. The van der Waals surface area contributed by atoms with Gasteiger partial charge in [0.25, 0.3) is 5.91 Å². The van der Waals surface area contributed by atoms with E-state index in [0.29, 0.717) is 28.7 Å². The normalized spacial score (nSPS) is 10.3. The Morgan fingerprint density at radius 1 is 1.40 bits per heavy atom. The number of anilines is 2. The van der Waals surface area contributed by atoms with Crippen LogP contribution in [0.2, 0.25) is 0 Å². The molecule has 0 aliphatic carbocycles. The van der Waals surface area contributed by atoms with Crippen LogP contribution in [0.15, 0.2) is 18.2 Å². The van der Waals surface area contributed by atoms with Crippen molar-refractivity contribution in [2.45, 2.75) is 20.3 Å². The molecule has 20 heavy (non-hydrogen) atoms. The Morgan fingerprint density at radius 2 is 2.20 bits per heavy atom. The lowest BCUT2D eigenvalue weighted by atomic mass is 10.1. The Kier molecular flexibility index (Phi) is 4.52. The molecule has 0 bridgehead atoms. The molecule has 1 aromatic heterocycles.